The van der Waals surface area contributed by atoms with Crippen molar-refractivity contribution in [3.8, 4) is 11.8 Å². The van der Waals surface area contributed by atoms with Gasteiger partial charge in [0, 0.05) is 16.8 Å². The first-order valence-electron chi connectivity index (χ1n) is 15.3. The number of ether oxygens (including phenoxy) is 1. The molecule has 0 aromatic heterocycles. The van der Waals surface area contributed by atoms with Gasteiger partial charge in [-0.3, -0.25) is 4.79 Å². The summed E-state index contributed by atoms with van der Waals surface area (Å²) in [5.41, 5.74) is 1.40. The highest BCUT2D eigenvalue weighted by molar-refractivity contribution is 6.47. The van der Waals surface area contributed by atoms with E-state index in [4.69, 9.17) is 4.74 Å². The Kier molecular flexibility index (Phi) is 10.2. The van der Waals surface area contributed by atoms with Crippen molar-refractivity contribution in [2.24, 2.45) is 10.9 Å². The van der Waals surface area contributed by atoms with E-state index in [1.54, 1.807) is 38.3 Å². The fourth-order valence-corrected chi connectivity index (χ4v) is 5.40. The predicted octanol–water partition coefficient (Wildman–Crippen LogP) is 8.81. The number of hydrogen-bond acceptors (Lipinski definition) is 5. The Morgan fingerprint density at radius 1 is 1.07 bits per heavy atom. The summed E-state index contributed by atoms with van der Waals surface area (Å²) in [7, 11) is 1.64. The van der Waals surface area contributed by atoms with Gasteiger partial charge in [0.1, 0.15) is 11.5 Å². The van der Waals surface area contributed by atoms with E-state index in [0.717, 1.165) is 53.1 Å². The topological polar surface area (TPSA) is 86.5 Å². The Morgan fingerprint density at radius 2 is 1.85 bits per heavy atom. The fraction of sp³-hybridized carbons (Fsp3) is 0.270. The molecule has 1 unspecified atom stereocenters. The van der Waals surface area contributed by atoms with Crippen LogP contribution in [0.3, 0.4) is 0 Å². The molecule has 1 aliphatic rings. The number of amides is 1. The van der Waals surface area contributed by atoms with Gasteiger partial charge in [-0.2, -0.15) is 18.4 Å². The van der Waals surface area contributed by atoms with Crippen LogP contribution in [0.5, 0.6) is 5.75 Å². The summed E-state index contributed by atoms with van der Waals surface area (Å²) in [6.07, 6.45) is -1.56. The molecular formula is C37H35F3N4O2. The second kappa shape index (κ2) is 14.4. The van der Waals surface area contributed by atoms with E-state index in [9.17, 15) is 23.2 Å². The van der Waals surface area contributed by atoms with Gasteiger partial charge >= 0.3 is 6.18 Å². The van der Waals surface area contributed by atoms with Gasteiger partial charge in [0.2, 0.25) is 0 Å². The zero-order valence-corrected chi connectivity index (χ0v) is 25.7. The molecule has 236 valence electrons. The van der Waals surface area contributed by atoms with Gasteiger partial charge < -0.3 is 15.4 Å². The van der Waals surface area contributed by atoms with Crippen LogP contribution >= 0.6 is 0 Å². The molecule has 46 heavy (non-hydrogen) atoms. The lowest BCUT2D eigenvalue weighted by Gasteiger charge is -2.24. The molecule has 1 saturated carbocycles. The molecule has 9 heteroatoms. The summed E-state index contributed by atoms with van der Waals surface area (Å²) in [5.74, 6) is 0.501. The first kappa shape index (κ1) is 32.5. The van der Waals surface area contributed by atoms with Gasteiger partial charge in [0.25, 0.3) is 5.91 Å². The minimum absolute atomic E-state index is 0.194. The summed E-state index contributed by atoms with van der Waals surface area (Å²) in [5, 5.41) is 17.9. The molecule has 4 aromatic rings. The van der Waals surface area contributed by atoms with Crippen LogP contribution in [0.1, 0.15) is 55.3 Å². The highest BCUT2D eigenvalue weighted by atomic mass is 19.4. The third kappa shape index (κ3) is 8.01. The van der Waals surface area contributed by atoms with Crippen molar-refractivity contribution in [1.82, 2.24) is 5.32 Å². The van der Waals surface area contributed by atoms with Crippen molar-refractivity contribution in [3.63, 3.8) is 0 Å². The summed E-state index contributed by atoms with van der Waals surface area (Å²) >= 11 is 0. The van der Waals surface area contributed by atoms with E-state index >= 15 is 0 Å². The van der Waals surface area contributed by atoms with Crippen LogP contribution in [0.2, 0.25) is 0 Å². The molecule has 5 rings (SSSR count). The van der Waals surface area contributed by atoms with Crippen molar-refractivity contribution in [2.75, 3.05) is 19.0 Å². The summed E-state index contributed by atoms with van der Waals surface area (Å²) in [6.45, 7) is 2.44. The summed E-state index contributed by atoms with van der Waals surface area (Å²) in [6, 6.07) is 27.0. The van der Waals surface area contributed by atoms with E-state index in [0.29, 0.717) is 11.6 Å². The van der Waals surface area contributed by atoms with Crippen molar-refractivity contribution >= 4 is 33.8 Å². The van der Waals surface area contributed by atoms with Crippen LogP contribution in [0.15, 0.2) is 102 Å². The number of aliphatic imine (C=N–C) groups is 1. The Hall–Kier alpha value is -4.94. The molecule has 0 aliphatic heterocycles. The number of halogens is 3. The minimum Gasteiger partial charge on any atom is -0.496 e. The van der Waals surface area contributed by atoms with Crippen molar-refractivity contribution in [2.45, 2.75) is 44.8 Å². The molecule has 1 atom stereocenters. The smallest absolute Gasteiger partial charge is 0.412 e. The fourth-order valence-electron chi connectivity index (χ4n) is 5.40. The van der Waals surface area contributed by atoms with E-state index in [1.807, 2.05) is 48.5 Å². The predicted molar refractivity (Wildman–Crippen MR) is 175 cm³/mol. The number of allylic oxidation sites excluding steroid dienone is 1. The van der Waals surface area contributed by atoms with Crippen molar-refractivity contribution in [3.05, 3.63) is 113 Å². The third-order valence-corrected chi connectivity index (χ3v) is 7.88. The van der Waals surface area contributed by atoms with E-state index in [-0.39, 0.29) is 30.1 Å². The standard InChI is InChI=1S/C37H35F3N4O2/c1-3-8-28(37(38,39)40)21-32(43-29-12-6-9-25(19-29)22-41)36(45)44-30-13-7-11-27(20-30)35(42-23-24-15-16-24)34-31-14-5-4-10-26(31)17-18-33(34)46-2/h4-7,9-14,17-21,24,35,42H,3,8,15-16,23H2,1-2H3,(H,44,45)/b28-21+,43-32?. The number of fused-ring (bicyclic) bond motifs is 1. The van der Waals surface area contributed by atoms with E-state index < -0.39 is 23.4 Å². The minimum atomic E-state index is -4.64. The number of nitrogens with zero attached hydrogens (tertiary/aromatic N) is 2. The van der Waals surface area contributed by atoms with Gasteiger partial charge in [-0.1, -0.05) is 61.9 Å². The molecule has 1 amide bonds. The number of carbonyl (C=O) groups excluding carboxylic acids is 1. The maximum Gasteiger partial charge on any atom is 0.412 e. The van der Waals surface area contributed by atoms with E-state index in [2.05, 4.69) is 21.7 Å². The molecule has 2 N–H and O–H groups in total. The SMILES string of the molecule is CCC/C(=C\C(=Nc1cccc(C#N)c1)C(=O)Nc1cccc(C(NCC2CC2)c2c(OC)ccc3ccccc23)c1)C(F)(F)F. The number of anilines is 1. The lowest BCUT2D eigenvalue weighted by Crippen LogP contribution is -2.26. The summed E-state index contributed by atoms with van der Waals surface area (Å²) < 4.78 is 47.5. The van der Waals surface area contributed by atoms with Crippen LogP contribution < -0.4 is 15.4 Å². The quantitative estimate of drug-likeness (QED) is 0.154. The van der Waals surface area contributed by atoms with Crippen LogP contribution in [0.4, 0.5) is 24.5 Å². The molecule has 0 saturated heterocycles. The average molecular weight is 625 g/mol. The van der Waals surface area contributed by atoms with Gasteiger partial charge in [-0.05, 0) is 90.5 Å². The molecule has 0 bridgehead atoms. The second-order valence-electron chi connectivity index (χ2n) is 11.3. The number of hydrogen-bond donors (Lipinski definition) is 2. The summed E-state index contributed by atoms with van der Waals surface area (Å²) in [4.78, 5) is 17.9. The molecule has 6 nitrogen and oxygen atoms in total. The molecule has 0 heterocycles. The van der Waals surface area contributed by atoms with Crippen LogP contribution in [-0.2, 0) is 4.79 Å². The average Bonchev–Trinajstić information content (AvgIpc) is 3.88. The van der Waals surface area contributed by atoms with Crippen LogP contribution in [0, 0.1) is 17.2 Å². The molecule has 0 radical (unpaired) electrons. The number of carbonyl (C=O) groups is 1. The van der Waals surface area contributed by atoms with Crippen LogP contribution in [0.25, 0.3) is 10.8 Å². The first-order chi connectivity index (χ1) is 22.2. The second-order valence-corrected chi connectivity index (χ2v) is 11.3. The largest absolute Gasteiger partial charge is 0.496 e. The Morgan fingerprint density at radius 3 is 2.57 bits per heavy atom. The first-order valence-corrected chi connectivity index (χ1v) is 15.3. The number of alkyl halides is 3. The Balaban J connectivity index is 1.54. The van der Waals surface area contributed by atoms with Gasteiger partial charge in [-0.25, -0.2) is 4.99 Å². The number of benzene rings is 4. The number of nitrogens with one attached hydrogen (secondary N) is 2. The maximum absolute atomic E-state index is 13.9. The monoisotopic (exact) mass is 624 g/mol. The van der Waals surface area contributed by atoms with Crippen molar-refractivity contribution < 1.29 is 22.7 Å². The highest BCUT2D eigenvalue weighted by Crippen LogP contribution is 2.38. The molecule has 1 aliphatic carbocycles. The molecular weight excluding hydrogens is 589 g/mol. The molecule has 0 spiro atoms. The molecule has 4 aromatic carbocycles. The third-order valence-electron chi connectivity index (χ3n) is 7.88. The Bertz CT molecular complexity index is 1820. The van der Waals surface area contributed by atoms with Crippen molar-refractivity contribution in [1.29, 1.82) is 5.26 Å². The number of nitriles is 1. The normalized spacial score (nSPS) is 14.5. The van der Waals surface area contributed by atoms with Crippen LogP contribution in [-0.4, -0.2) is 31.4 Å². The zero-order chi connectivity index (χ0) is 32.7. The Labute approximate surface area is 266 Å². The van der Waals surface area contributed by atoms with Gasteiger partial charge in [0.05, 0.1) is 30.5 Å². The number of rotatable bonds is 12. The van der Waals surface area contributed by atoms with E-state index in [1.165, 1.54) is 12.1 Å². The molecule has 1 fully saturated rings. The lowest BCUT2D eigenvalue weighted by molar-refractivity contribution is -0.110. The highest BCUT2D eigenvalue weighted by Gasteiger charge is 2.33. The lowest BCUT2D eigenvalue weighted by atomic mass is 9.92. The zero-order valence-electron chi connectivity index (χ0n) is 25.7. The van der Waals surface area contributed by atoms with Gasteiger partial charge in [0.15, 0.2) is 0 Å². The van der Waals surface area contributed by atoms with Gasteiger partial charge in [-0.15, -0.1) is 0 Å². The maximum atomic E-state index is 13.9. The number of methoxy groups -OCH3 is 1.